The number of hydrogen-bond acceptors (Lipinski definition) is 1. The zero-order valence-corrected chi connectivity index (χ0v) is 8.58. The highest BCUT2D eigenvalue weighted by atomic mass is 35.5. The van der Waals surface area contributed by atoms with Gasteiger partial charge in [0.1, 0.15) is 0 Å². The summed E-state index contributed by atoms with van der Waals surface area (Å²) in [6.45, 7) is 1.53. The lowest BCUT2D eigenvalue weighted by atomic mass is 10.0. The van der Waals surface area contributed by atoms with E-state index < -0.39 is 11.7 Å². The van der Waals surface area contributed by atoms with Crippen molar-refractivity contribution in [2.45, 2.75) is 19.5 Å². The number of aryl methyl sites for hydroxylation is 1. The molecule has 0 amide bonds. The number of nitriles is 1. The second-order valence-electron chi connectivity index (χ2n) is 3.09. The number of rotatable bonds is 1. The maximum Gasteiger partial charge on any atom is 0.417 e. The van der Waals surface area contributed by atoms with E-state index >= 15 is 0 Å². The standard InChI is InChI=1S/C10H7ClF3N/c1-6-4-8(10(12,13)14)9(11)5-7(6)2-3-15/h4-5H,2H2,1H3. The van der Waals surface area contributed by atoms with Crippen LogP contribution in [0, 0.1) is 18.3 Å². The normalized spacial score (nSPS) is 11.2. The zero-order chi connectivity index (χ0) is 11.6. The van der Waals surface area contributed by atoms with Gasteiger partial charge in [-0.2, -0.15) is 18.4 Å². The summed E-state index contributed by atoms with van der Waals surface area (Å²) in [4.78, 5) is 0. The fraction of sp³-hybridized carbons (Fsp3) is 0.300. The first-order valence-corrected chi connectivity index (χ1v) is 4.47. The van der Waals surface area contributed by atoms with E-state index in [1.54, 1.807) is 0 Å². The van der Waals surface area contributed by atoms with E-state index in [1.165, 1.54) is 13.0 Å². The molecule has 0 aromatic heterocycles. The summed E-state index contributed by atoms with van der Waals surface area (Å²) in [5.41, 5.74) is 0.0899. The van der Waals surface area contributed by atoms with Crippen LogP contribution < -0.4 is 0 Å². The van der Waals surface area contributed by atoms with Crippen LogP contribution in [0.25, 0.3) is 0 Å². The van der Waals surface area contributed by atoms with Gasteiger partial charge in [0.25, 0.3) is 0 Å². The summed E-state index contributed by atoms with van der Waals surface area (Å²) in [5, 5.41) is 8.09. The van der Waals surface area contributed by atoms with Crippen LogP contribution in [0.5, 0.6) is 0 Å². The van der Waals surface area contributed by atoms with E-state index in [9.17, 15) is 13.2 Å². The van der Waals surface area contributed by atoms with Crippen molar-refractivity contribution >= 4 is 11.6 Å². The van der Waals surface area contributed by atoms with Gasteiger partial charge >= 0.3 is 6.18 Å². The van der Waals surface area contributed by atoms with Gasteiger partial charge < -0.3 is 0 Å². The highest BCUT2D eigenvalue weighted by Gasteiger charge is 2.33. The number of benzene rings is 1. The first kappa shape index (κ1) is 11.9. The van der Waals surface area contributed by atoms with Crippen molar-refractivity contribution in [2.24, 2.45) is 0 Å². The summed E-state index contributed by atoms with van der Waals surface area (Å²) in [6.07, 6.45) is -4.39. The topological polar surface area (TPSA) is 23.8 Å². The molecule has 15 heavy (non-hydrogen) atoms. The van der Waals surface area contributed by atoms with Crippen molar-refractivity contribution in [3.05, 3.63) is 33.8 Å². The van der Waals surface area contributed by atoms with Crippen LogP contribution in [-0.2, 0) is 12.6 Å². The Bertz CT molecular complexity index is 418. The van der Waals surface area contributed by atoms with Crippen LogP contribution in [0.15, 0.2) is 12.1 Å². The first-order valence-electron chi connectivity index (χ1n) is 4.09. The average molecular weight is 234 g/mol. The Labute approximate surface area is 90.1 Å². The molecule has 0 heterocycles. The first-order chi connectivity index (χ1) is 6.86. The molecule has 0 unspecified atom stereocenters. The number of halogens is 4. The molecule has 0 aliphatic rings. The maximum absolute atomic E-state index is 12.4. The maximum atomic E-state index is 12.4. The van der Waals surface area contributed by atoms with E-state index in [0.29, 0.717) is 11.1 Å². The Morgan fingerprint density at radius 1 is 1.40 bits per heavy atom. The second-order valence-corrected chi connectivity index (χ2v) is 3.50. The molecule has 0 bridgehead atoms. The molecule has 0 saturated carbocycles. The molecule has 0 radical (unpaired) electrons. The molecule has 0 atom stereocenters. The lowest BCUT2D eigenvalue weighted by molar-refractivity contribution is -0.137. The molecule has 0 N–H and O–H groups in total. The third kappa shape index (κ3) is 2.63. The molecule has 80 valence electrons. The van der Waals surface area contributed by atoms with Gasteiger partial charge in [-0.1, -0.05) is 11.6 Å². The molecule has 1 rings (SSSR count). The largest absolute Gasteiger partial charge is 0.417 e. The van der Waals surface area contributed by atoms with Gasteiger partial charge in [0, 0.05) is 0 Å². The summed E-state index contributed by atoms with van der Waals surface area (Å²) in [6, 6.07) is 4.03. The Kier molecular flexibility index (Phi) is 3.25. The highest BCUT2D eigenvalue weighted by molar-refractivity contribution is 6.31. The SMILES string of the molecule is Cc1cc(C(F)(F)F)c(Cl)cc1CC#N. The minimum absolute atomic E-state index is 0.0592. The van der Waals surface area contributed by atoms with E-state index in [1.807, 2.05) is 6.07 Å². The van der Waals surface area contributed by atoms with Gasteiger partial charge in [-0.3, -0.25) is 0 Å². The molecule has 1 nitrogen and oxygen atoms in total. The molecule has 0 fully saturated rings. The van der Waals surface area contributed by atoms with Crippen molar-refractivity contribution in [3.63, 3.8) is 0 Å². The molecule has 1 aromatic carbocycles. The Morgan fingerprint density at radius 2 is 2.00 bits per heavy atom. The lowest BCUT2D eigenvalue weighted by Gasteiger charge is -2.11. The molecule has 5 heteroatoms. The molecular weight excluding hydrogens is 227 g/mol. The predicted molar refractivity (Wildman–Crippen MR) is 50.5 cm³/mol. The van der Waals surface area contributed by atoms with Gasteiger partial charge in [-0.05, 0) is 30.2 Å². The van der Waals surface area contributed by atoms with Crippen LogP contribution in [0.4, 0.5) is 13.2 Å². The smallest absolute Gasteiger partial charge is 0.198 e. The third-order valence-corrected chi connectivity index (χ3v) is 2.31. The van der Waals surface area contributed by atoms with Gasteiger partial charge in [0.05, 0.1) is 23.1 Å². The monoisotopic (exact) mass is 233 g/mol. The molecular formula is C10H7ClF3N. The van der Waals surface area contributed by atoms with Crippen LogP contribution in [0.2, 0.25) is 5.02 Å². The molecule has 1 aromatic rings. The molecule has 0 aliphatic carbocycles. The van der Waals surface area contributed by atoms with Crippen molar-refractivity contribution in [1.82, 2.24) is 0 Å². The van der Waals surface area contributed by atoms with Gasteiger partial charge in [-0.25, -0.2) is 0 Å². The number of hydrogen-bond donors (Lipinski definition) is 0. The van der Waals surface area contributed by atoms with E-state index in [-0.39, 0.29) is 11.4 Å². The highest BCUT2D eigenvalue weighted by Crippen LogP contribution is 2.36. The van der Waals surface area contributed by atoms with Gasteiger partial charge in [0.15, 0.2) is 0 Å². The predicted octanol–water partition coefficient (Wildman–Crippen LogP) is 3.73. The van der Waals surface area contributed by atoms with E-state index in [4.69, 9.17) is 16.9 Å². The summed E-state index contributed by atoms with van der Waals surface area (Å²) >= 11 is 5.49. The van der Waals surface area contributed by atoms with Gasteiger partial charge in [-0.15, -0.1) is 0 Å². The van der Waals surface area contributed by atoms with E-state index in [0.717, 1.165) is 6.07 Å². The summed E-state index contributed by atoms with van der Waals surface area (Å²) < 4.78 is 37.2. The quantitative estimate of drug-likeness (QED) is 0.725. The van der Waals surface area contributed by atoms with Crippen molar-refractivity contribution in [3.8, 4) is 6.07 Å². The third-order valence-electron chi connectivity index (χ3n) is 2.00. The average Bonchev–Trinajstić information content (AvgIpc) is 2.09. The van der Waals surface area contributed by atoms with Crippen LogP contribution in [-0.4, -0.2) is 0 Å². The fourth-order valence-corrected chi connectivity index (χ4v) is 1.51. The van der Waals surface area contributed by atoms with Crippen LogP contribution in [0.1, 0.15) is 16.7 Å². The summed E-state index contributed by atoms with van der Waals surface area (Å²) in [7, 11) is 0. The van der Waals surface area contributed by atoms with E-state index in [2.05, 4.69) is 0 Å². The van der Waals surface area contributed by atoms with Crippen LogP contribution in [0.3, 0.4) is 0 Å². The van der Waals surface area contributed by atoms with Crippen molar-refractivity contribution in [2.75, 3.05) is 0 Å². The number of nitrogens with zero attached hydrogens (tertiary/aromatic N) is 1. The van der Waals surface area contributed by atoms with Crippen molar-refractivity contribution < 1.29 is 13.2 Å². The van der Waals surface area contributed by atoms with Gasteiger partial charge in [0.2, 0.25) is 0 Å². The zero-order valence-electron chi connectivity index (χ0n) is 7.82. The Hall–Kier alpha value is -1.21. The Morgan fingerprint density at radius 3 is 2.47 bits per heavy atom. The number of alkyl halides is 3. The van der Waals surface area contributed by atoms with Crippen molar-refractivity contribution in [1.29, 1.82) is 5.26 Å². The fourth-order valence-electron chi connectivity index (χ4n) is 1.22. The van der Waals surface area contributed by atoms with Crippen LogP contribution >= 0.6 is 11.6 Å². The minimum Gasteiger partial charge on any atom is -0.198 e. The lowest BCUT2D eigenvalue weighted by Crippen LogP contribution is -2.07. The summed E-state index contributed by atoms with van der Waals surface area (Å²) in [5.74, 6) is 0. The molecule has 0 aliphatic heterocycles. The molecule has 0 saturated heterocycles. The minimum atomic E-state index is -4.45. The molecule has 0 spiro atoms. The Balaban J connectivity index is 3.27. The second kappa shape index (κ2) is 4.11.